The molecule has 1 amide bonds. The summed E-state index contributed by atoms with van der Waals surface area (Å²) in [5, 5.41) is 2.49. The highest BCUT2D eigenvalue weighted by molar-refractivity contribution is 5.84. The Morgan fingerprint density at radius 2 is 2.12 bits per heavy atom. The molecular weight excluding hydrogens is 222 g/mol. The van der Waals surface area contributed by atoms with Gasteiger partial charge in [-0.15, -0.1) is 0 Å². The SMILES string of the molecule is CCCCCCC1OC(=O)NC1C(=O)OCC. The lowest BCUT2D eigenvalue weighted by Gasteiger charge is -2.15. The van der Waals surface area contributed by atoms with Gasteiger partial charge in [-0.25, -0.2) is 9.59 Å². The van der Waals surface area contributed by atoms with E-state index in [0.717, 1.165) is 25.7 Å². The molecule has 0 spiro atoms. The molecule has 1 saturated heterocycles. The van der Waals surface area contributed by atoms with Crippen LogP contribution in [-0.4, -0.2) is 30.8 Å². The van der Waals surface area contributed by atoms with Crippen LogP contribution < -0.4 is 5.32 Å². The topological polar surface area (TPSA) is 64.6 Å². The third kappa shape index (κ3) is 4.24. The lowest BCUT2D eigenvalue weighted by Crippen LogP contribution is -2.40. The lowest BCUT2D eigenvalue weighted by atomic mass is 10.0. The summed E-state index contributed by atoms with van der Waals surface area (Å²) in [6, 6.07) is -0.635. The molecule has 1 aliphatic rings. The molecule has 1 heterocycles. The van der Waals surface area contributed by atoms with Crippen molar-refractivity contribution >= 4 is 12.1 Å². The molecule has 0 aromatic heterocycles. The van der Waals surface area contributed by atoms with E-state index in [9.17, 15) is 9.59 Å². The summed E-state index contributed by atoms with van der Waals surface area (Å²) in [5.41, 5.74) is 0. The van der Waals surface area contributed by atoms with Crippen LogP contribution in [0.15, 0.2) is 0 Å². The fourth-order valence-corrected chi connectivity index (χ4v) is 1.90. The average molecular weight is 243 g/mol. The molecule has 0 aromatic rings. The van der Waals surface area contributed by atoms with E-state index >= 15 is 0 Å². The summed E-state index contributed by atoms with van der Waals surface area (Å²) in [5.74, 6) is -0.404. The monoisotopic (exact) mass is 243 g/mol. The van der Waals surface area contributed by atoms with Crippen LogP contribution in [0.5, 0.6) is 0 Å². The summed E-state index contributed by atoms with van der Waals surface area (Å²) < 4.78 is 9.97. The number of ether oxygens (including phenoxy) is 2. The van der Waals surface area contributed by atoms with Crippen LogP contribution in [0.1, 0.15) is 46.0 Å². The Morgan fingerprint density at radius 1 is 1.35 bits per heavy atom. The predicted molar refractivity (Wildman–Crippen MR) is 62.6 cm³/mol. The highest BCUT2D eigenvalue weighted by Crippen LogP contribution is 2.17. The smallest absolute Gasteiger partial charge is 0.408 e. The minimum atomic E-state index is -0.635. The van der Waals surface area contributed by atoms with Crippen molar-refractivity contribution in [3.63, 3.8) is 0 Å². The van der Waals surface area contributed by atoms with Gasteiger partial charge in [0, 0.05) is 0 Å². The average Bonchev–Trinajstić information content (AvgIpc) is 2.66. The summed E-state index contributed by atoms with van der Waals surface area (Å²) in [6.45, 7) is 4.19. The number of cyclic esters (lactones) is 1. The van der Waals surface area contributed by atoms with E-state index in [1.54, 1.807) is 6.92 Å². The molecule has 0 saturated carbocycles. The van der Waals surface area contributed by atoms with Gasteiger partial charge in [0.1, 0.15) is 6.10 Å². The molecule has 0 aromatic carbocycles. The summed E-state index contributed by atoms with van der Waals surface area (Å²) in [4.78, 5) is 22.7. The Labute approximate surface area is 102 Å². The molecule has 2 unspecified atom stereocenters. The Balaban J connectivity index is 2.39. The molecule has 17 heavy (non-hydrogen) atoms. The first-order valence-corrected chi connectivity index (χ1v) is 6.32. The second-order valence-electron chi connectivity index (χ2n) is 4.17. The normalized spacial score (nSPS) is 23.1. The molecule has 98 valence electrons. The third-order valence-corrected chi connectivity index (χ3v) is 2.79. The van der Waals surface area contributed by atoms with Crippen LogP contribution in [0.4, 0.5) is 4.79 Å². The first-order valence-electron chi connectivity index (χ1n) is 6.32. The van der Waals surface area contributed by atoms with E-state index in [4.69, 9.17) is 9.47 Å². The Bertz CT molecular complexity index is 267. The maximum Gasteiger partial charge on any atom is 0.408 e. The summed E-state index contributed by atoms with van der Waals surface area (Å²) in [6.07, 6.45) is 4.19. The zero-order valence-electron chi connectivity index (χ0n) is 10.5. The minimum absolute atomic E-state index is 0.313. The molecule has 0 radical (unpaired) electrons. The number of hydrogen-bond acceptors (Lipinski definition) is 4. The number of esters is 1. The van der Waals surface area contributed by atoms with E-state index in [1.165, 1.54) is 0 Å². The summed E-state index contributed by atoms with van der Waals surface area (Å²) >= 11 is 0. The molecule has 0 aliphatic carbocycles. The van der Waals surface area contributed by atoms with Crippen LogP contribution in [0.3, 0.4) is 0 Å². The van der Waals surface area contributed by atoms with Crippen molar-refractivity contribution in [2.45, 2.75) is 58.1 Å². The fraction of sp³-hybridized carbons (Fsp3) is 0.833. The van der Waals surface area contributed by atoms with Gasteiger partial charge in [0.05, 0.1) is 6.61 Å². The molecule has 0 bridgehead atoms. The number of carbonyl (C=O) groups excluding carboxylic acids is 2. The van der Waals surface area contributed by atoms with Gasteiger partial charge in [0.2, 0.25) is 0 Å². The molecule has 1 aliphatic heterocycles. The van der Waals surface area contributed by atoms with Gasteiger partial charge in [-0.1, -0.05) is 26.2 Å². The van der Waals surface area contributed by atoms with E-state index in [2.05, 4.69) is 12.2 Å². The number of nitrogens with one attached hydrogen (secondary N) is 1. The number of unbranched alkanes of at least 4 members (excludes halogenated alkanes) is 3. The number of hydrogen-bond donors (Lipinski definition) is 1. The molecule has 2 atom stereocenters. The van der Waals surface area contributed by atoms with Crippen molar-refractivity contribution in [3.8, 4) is 0 Å². The number of carbonyl (C=O) groups is 2. The fourth-order valence-electron chi connectivity index (χ4n) is 1.90. The molecule has 1 rings (SSSR count). The van der Waals surface area contributed by atoms with Crippen molar-refractivity contribution in [1.82, 2.24) is 5.32 Å². The molecule has 1 fully saturated rings. The number of rotatable bonds is 7. The van der Waals surface area contributed by atoms with Crippen molar-refractivity contribution in [2.24, 2.45) is 0 Å². The van der Waals surface area contributed by atoms with Crippen molar-refractivity contribution < 1.29 is 19.1 Å². The molecule has 1 N–H and O–H groups in total. The van der Waals surface area contributed by atoms with Crippen LogP contribution in [0.25, 0.3) is 0 Å². The van der Waals surface area contributed by atoms with E-state index < -0.39 is 18.1 Å². The predicted octanol–water partition coefficient (Wildman–Crippen LogP) is 2.00. The first-order chi connectivity index (χ1) is 8.19. The summed E-state index contributed by atoms with van der Waals surface area (Å²) in [7, 11) is 0. The highest BCUT2D eigenvalue weighted by Gasteiger charge is 2.39. The minimum Gasteiger partial charge on any atom is -0.464 e. The van der Waals surface area contributed by atoms with Gasteiger partial charge in [0.25, 0.3) is 0 Å². The Morgan fingerprint density at radius 3 is 2.76 bits per heavy atom. The van der Waals surface area contributed by atoms with Crippen LogP contribution >= 0.6 is 0 Å². The van der Waals surface area contributed by atoms with E-state index in [-0.39, 0.29) is 6.10 Å². The van der Waals surface area contributed by atoms with Crippen LogP contribution in [-0.2, 0) is 14.3 Å². The van der Waals surface area contributed by atoms with Gasteiger partial charge in [-0.05, 0) is 19.8 Å². The van der Waals surface area contributed by atoms with Crippen molar-refractivity contribution in [1.29, 1.82) is 0 Å². The zero-order chi connectivity index (χ0) is 12.7. The van der Waals surface area contributed by atoms with Gasteiger partial charge in [-0.2, -0.15) is 0 Å². The molecular formula is C12H21NO4. The molecule has 5 nitrogen and oxygen atoms in total. The zero-order valence-corrected chi connectivity index (χ0v) is 10.5. The standard InChI is InChI=1S/C12H21NO4/c1-3-5-6-7-8-9-10(11(14)16-4-2)13-12(15)17-9/h9-10H,3-8H2,1-2H3,(H,13,15). The van der Waals surface area contributed by atoms with Crippen molar-refractivity contribution in [3.05, 3.63) is 0 Å². The van der Waals surface area contributed by atoms with Gasteiger partial charge >= 0.3 is 12.1 Å². The second-order valence-corrected chi connectivity index (χ2v) is 4.17. The van der Waals surface area contributed by atoms with E-state index in [1.807, 2.05) is 0 Å². The molecule has 5 heteroatoms. The Kier molecular flexibility index (Phi) is 5.80. The quantitative estimate of drug-likeness (QED) is 0.548. The van der Waals surface area contributed by atoms with Crippen LogP contribution in [0.2, 0.25) is 0 Å². The third-order valence-electron chi connectivity index (χ3n) is 2.79. The van der Waals surface area contributed by atoms with Gasteiger partial charge in [0.15, 0.2) is 6.04 Å². The highest BCUT2D eigenvalue weighted by atomic mass is 16.6. The maximum atomic E-state index is 11.6. The largest absolute Gasteiger partial charge is 0.464 e. The number of alkyl carbamates (subject to hydrolysis) is 1. The van der Waals surface area contributed by atoms with Crippen molar-refractivity contribution in [2.75, 3.05) is 6.61 Å². The van der Waals surface area contributed by atoms with E-state index in [0.29, 0.717) is 13.0 Å². The lowest BCUT2D eigenvalue weighted by molar-refractivity contribution is -0.146. The maximum absolute atomic E-state index is 11.6. The van der Waals surface area contributed by atoms with Gasteiger partial charge in [-0.3, -0.25) is 0 Å². The number of amides is 1. The van der Waals surface area contributed by atoms with Crippen LogP contribution in [0, 0.1) is 0 Å². The first kappa shape index (κ1) is 13.8. The Hall–Kier alpha value is -1.26. The van der Waals surface area contributed by atoms with Gasteiger partial charge < -0.3 is 14.8 Å². The second kappa shape index (κ2) is 7.14.